The molecule has 0 amide bonds. The maximum atomic E-state index is 5.89. The second-order valence-corrected chi connectivity index (χ2v) is 5.33. The monoisotopic (exact) mass is 181 g/mol. The summed E-state index contributed by atoms with van der Waals surface area (Å²) in [4.78, 5) is 0. The zero-order chi connectivity index (χ0) is 9.26. The largest absolute Gasteiger partial charge is 0.328 e. The molecule has 0 aliphatic heterocycles. The third kappa shape index (κ3) is 2.70. The predicted octanol–water partition coefficient (Wildman–Crippen LogP) is 2.94. The molecule has 0 aromatic heterocycles. The Balaban J connectivity index is 1.60. The van der Waals surface area contributed by atoms with E-state index in [4.69, 9.17) is 5.73 Å². The first-order chi connectivity index (χ1) is 6.25. The van der Waals surface area contributed by atoms with Gasteiger partial charge in [-0.2, -0.15) is 0 Å². The molecule has 2 rings (SSSR count). The van der Waals surface area contributed by atoms with E-state index in [1.807, 2.05) is 0 Å². The zero-order valence-electron chi connectivity index (χ0n) is 8.84. The Morgan fingerprint density at radius 1 is 1.08 bits per heavy atom. The molecule has 0 bridgehead atoms. The summed E-state index contributed by atoms with van der Waals surface area (Å²) < 4.78 is 0. The van der Waals surface area contributed by atoms with Gasteiger partial charge in [-0.25, -0.2) is 0 Å². The SMILES string of the molecule is CC1CC1CCC1CCC(N)CC1. The van der Waals surface area contributed by atoms with Gasteiger partial charge in [-0.15, -0.1) is 0 Å². The summed E-state index contributed by atoms with van der Waals surface area (Å²) in [5.74, 6) is 3.16. The van der Waals surface area contributed by atoms with Crippen molar-refractivity contribution in [3.05, 3.63) is 0 Å². The van der Waals surface area contributed by atoms with Gasteiger partial charge in [0.15, 0.2) is 0 Å². The van der Waals surface area contributed by atoms with E-state index in [0.717, 1.165) is 17.8 Å². The summed E-state index contributed by atoms with van der Waals surface area (Å²) in [5, 5.41) is 0. The van der Waals surface area contributed by atoms with Gasteiger partial charge >= 0.3 is 0 Å². The Labute approximate surface area is 82.1 Å². The fraction of sp³-hybridized carbons (Fsp3) is 1.00. The maximum Gasteiger partial charge on any atom is 0.00390 e. The predicted molar refractivity (Wildman–Crippen MR) is 56.4 cm³/mol. The number of nitrogens with two attached hydrogens (primary N) is 1. The lowest BCUT2D eigenvalue weighted by atomic mass is 9.83. The minimum Gasteiger partial charge on any atom is -0.328 e. The normalized spacial score (nSPS) is 44.8. The topological polar surface area (TPSA) is 26.0 Å². The molecule has 2 unspecified atom stereocenters. The van der Waals surface area contributed by atoms with Gasteiger partial charge in [0.25, 0.3) is 0 Å². The van der Waals surface area contributed by atoms with Crippen LogP contribution in [0.3, 0.4) is 0 Å². The Hall–Kier alpha value is -0.0400. The Kier molecular flexibility index (Phi) is 2.92. The van der Waals surface area contributed by atoms with E-state index >= 15 is 0 Å². The quantitative estimate of drug-likeness (QED) is 0.711. The van der Waals surface area contributed by atoms with E-state index in [9.17, 15) is 0 Å². The van der Waals surface area contributed by atoms with Crippen molar-refractivity contribution in [2.24, 2.45) is 23.5 Å². The molecular weight excluding hydrogens is 158 g/mol. The van der Waals surface area contributed by atoms with Crippen LogP contribution in [0.2, 0.25) is 0 Å². The van der Waals surface area contributed by atoms with E-state index in [1.165, 1.54) is 44.9 Å². The molecule has 2 N–H and O–H groups in total. The molecule has 0 aromatic carbocycles. The van der Waals surface area contributed by atoms with Gasteiger partial charge in [-0.05, 0) is 56.3 Å². The van der Waals surface area contributed by atoms with Crippen LogP contribution in [0.25, 0.3) is 0 Å². The van der Waals surface area contributed by atoms with Gasteiger partial charge < -0.3 is 5.73 Å². The van der Waals surface area contributed by atoms with Gasteiger partial charge in [0.05, 0.1) is 0 Å². The van der Waals surface area contributed by atoms with Crippen LogP contribution in [-0.2, 0) is 0 Å². The van der Waals surface area contributed by atoms with Crippen LogP contribution in [0.4, 0.5) is 0 Å². The average molecular weight is 181 g/mol. The highest BCUT2D eigenvalue weighted by Gasteiger charge is 2.32. The lowest BCUT2D eigenvalue weighted by Crippen LogP contribution is -2.26. The number of rotatable bonds is 3. The summed E-state index contributed by atoms with van der Waals surface area (Å²) >= 11 is 0. The number of hydrogen-bond donors (Lipinski definition) is 1. The molecule has 2 fully saturated rings. The van der Waals surface area contributed by atoms with E-state index in [1.54, 1.807) is 0 Å². The van der Waals surface area contributed by atoms with E-state index in [0.29, 0.717) is 6.04 Å². The third-order valence-electron chi connectivity index (χ3n) is 4.11. The third-order valence-corrected chi connectivity index (χ3v) is 4.11. The molecule has 13 heavy (non-hydrogen) atoms. The van der Waals surface area contributed by atoms with Crippen molar-refractivity contribution in [1.29, 1.82) is 0 Å². The van der Waals surface area contributed by atoms with Crippen LogP contribution in [0, 0.1) is 17.8 Å². The lowest BCUT2D eigenvalue weighted by molar-refractivity contribution is 0.300. The molecule has 1 heteroatoms. The molecule has 0 heterocycles. The summed E-state index contributed by atoms with van der Waals surface area (Å²) in [6.45, 7) is 2.39. The van der Waals surface area contributed by atoms with Gasteiger partial charge in [0, 0.05) is 6.04 Å². The highest BCUT2D eigenvalue weighted by Crippen LogP contribution is 2.43. The van der Waals surface area contributed by atoms with Crippen molar-refractivity contribution in [3.63, 3.8) is 0 Å². The molecule has 76 valence electrons. The molecule has 0 saturated heterocycles. The summed E-state index contributed by atoms with van der Waals surface area (Å²) in [6.07, 6.45) is 9.87. The molecule has 0 spiro atoms. The first-order valence-electron chi connectivity index (χ1n) is 6.01. The smallest absolute Gasteiger partial charge is 0.00390 e. The molecule has 1 nitrogen and oxygen atoms in total. The van der Waals surface area contributed by atoms with Gasteiger partial charge in [-0.1, -0.05) is 13.3 Å². The van der Waals surface area contributed by atoms with E-state index in [-0.39, 0.29) is 0 Å². The minimum atomic E-state index is 0.524. The van der Waals surface area contributed by atoms with E-state index in [2.05, 4.69) is 6.92 Å². The lowest BCUT2D eigenvalue weighted by Gasteiger charge is -2.25. The van der Waals surface area contributed by atoms with Gasteiger partial charge in [-0.3, -0.25) is 0 Å². The van der Waals surface area contributed by atoms with Crippen molar-refractivity contribution in [2.45, 2.75) is 57.9 Å². The van der Waals surface area contributed by atoms with Crippen LogP contribution in [0.1, 0.15) is 51.9 Å². The average Bonchev–Trinajstić information content (AvgIpc) is 2.81. The molecular formula is C12H23N. The fourth-order valence-electron chi connectivity index (χ4n) is 2.73. The molecule has 2 aliphatic rings. The van der Waals surface area contributed by atoms with E-state index < -0.39 is 0 Å². The summed E-state index contributed by atoms with van der Waals surface area (Å²) in [6, 6.07) is 0.524. The van der Waals surface area contributed by atoms with Crippen LogP contribution in [0.15, 0.2) is 0 Å². The molecule has 0 aromatic rings. The molecule has 2 saturated carbocycles. The standard InChI is InChI=1S/C12H23N/c1-9-8-11(9)5-2-10-3-6-12(13)7-4-10/h9-12H,2-8,13H2,1H3. The Bertz CT molecular complexity index is 159. The van der Waals surface area contributed by atoms with Crippen LogP contribution < -0.4 is 5.73 Å². The van der Waals surface area contributed by atoms with Crippen molar-refractivity contribution in [1.82, 2.24) is 0 Å². The second kappa shape index (κ2) is 4.00. The number of hydrogen-bond acceptors (Lipinski definition) is 1. The second-order valence-electron chi connectivity index (χ2n) is 5.33. The Morgan fingerprint density at radius 2 is 1.69 bits per heavy atom. The fourth-order valence-corrected chi connectivity index (χ4v) is 2.73. The van der Waals surface area contributed by atoms with Crippen molar-refractivity contribution in [3.8, 4) is 0 Å². The highest BCUT2D eigenvalue weighted by atomic mass is 14.6. The minimum absolute atomic E-state index is 0.524. The van der Waals surface area contributed by atoms with Crippen molar-refractivity contribution >= 4 is 0 Å². The van der Waals surface area contributed by atoms with Crippen LogP contribution in [-0.4, -0.2) is 6.04 Å². The van der Waals surface area contributed by atoms with Gasteiger partial charge in [0.1, 0.15) is 0 Å². The molecule has 2 atom stereocenters. The summed E-state index contributed by atoms with van der Waals surface area (Å²) in [5.41, 5.74) is 5.89. The van der Waals surface area contributed by atoms with Crippen molar-refractivity contribution in [2.75, 3.05) is 0 Å². The highest BCUT2D eigenvalue weighted by molar-refractivity contribution is 4.83. The molecule has 2 aliphatic carbocycles. The first kappa shape index (κ1) is 9.51. The van der Waals surface area contributed by atoms with Crippen LogP contribution >= 0.6 is 0 Å². The maximum absolute atomic E-state index is 5.89. The Morgan fingerprint density at radius 3 is 2.23 bits per heavy atom. The molecule has 0 radical (unpaired) electrons. The summed E-state index contributed by atoms with van der Waals surface area (Å²) in [7, 11) is 0. The van der Waals surface area contributed by atoms with Crippen LogP contribution in [0.5, 0.6) is 0 Å². The zero-order valence-corrected chi connectivity index (χ0v) is 8.84. The van der Waals surface area contributed by atoms with Gasteiger partial charge in [0.2, 0.25) is 0 Å². The van der Waals surface area contributed by atoms with Crippen molar-refractivity contribution < 1.29 is 0 Å². The first-order valence-corrected chi connectivity index (χ1v) is 6.01.